The number of carbonyl (C=O) groups excluding carboxylic acids is 3. The number of rotatable bonds is 3. The predicted molar refractivity (Wildman–Crippen MR) is 100 cm³/mol. The maximum atomic E-state index is 12.4. The molecule has 0 saturated carbocycles. The first kappa shape index (κ1) is 21.5. The fraction of sp³-hybridized carbons (Fsp3) is 0.667. The molecule has 3 heterocycles. The van der Waals surface area contributed by atoms with Crippen molar-refractivity contribution in [2.24, 2.45) is 11.8 Å². The second-order valence-corrected chi connectivity index (χ2v) is 8.66. The zero-order valence-corrected chi connectivity index (χ0v) is 17.4. The van der Waals surface area contributed by atoms with Crippen LogP contribution in [-0.2, 0) is 33.3 Å². The second kappa shape index (κ2) is 7.25. The number of carbonyl (C=O) groups is 3. The first-order chi connectivity index (χ1) is 13.4. The van der Waals surface area contributed by atoms with Gasteiger partial charge in [-0.25, -0.2) is 4.79 Å². The summed E-state index contributed by atoms with van der Waals surface area (Å²) >= 11 is 0. The van der Waals surface area contributed by atoms with E-state index in [0.717, 1.165) is 0 Å². The molecular formula is C21H28O8. The number of ether oxygens (including phenoxy) is 4. The van der Waals surface area contributed by atoms with Crippen molar-refractivity contribution in [2.75, 3.05) is 0 Å². The van der Waals surface area contributed by atoms with Crippen molar-refractivity contribution in [3.05, 3.63) is 23.8 Å². The van der Waals surface area contributed by atoms with Gasteiger partial charge in [-0.1, -0.05) is 20.4 Å². The van der Waals surface area contributed by atoms with Crippen LogP contribution >= 0.6 is 0 Å². The predicted octanol–water partition coefficient (Wildman–Crippen LogP) is 1.80. The Balaban J connectivity index is 2.07. The Bertz CT molecular complexity index is 784. The van der Waals surface area contributed by atoms with Crippen LogP contribution in [-0.4, -0.2) is 52.7 Å². The van der Waals surface area contributed by atoms with Crippen LogP contribution < -0.4 is 0 Å². The van der Waals surface area contributed by atoms with Crippen molar-refractivity contribution < 1.29 is 38.4 Å². The number of fused-ring (bicyclic) bond motifs is 3. The maximum absolute atomic E-state index is 12.4. The molecule has 1 N–H and O–H groups in total. The summed E-state index contributed by atoms with van der Waals surface area (Å²) in [5.74, 6) is -4.39. The number of hydrogen-bond acceptors (Lipinski definition) is 8. The standard InChI is InChI=1S/C21H28O8/c1-10(2)18(23)28-15-8-20(6)9-16(26-13(5)22)21(25,29-20)11(3)7-14-17(15)12(4)19(24)27-14/h7,10,14-17,25H,4,8-9H2,1-3,5-6H3/b11-7-/t14-,15+,16-,17-,20+,21-/m0/s1. The molecule has 0 aromatic carbocycles. The normalized spacial score (nSPS) is 40.9. The second-order valence-electron chi connectivity index (χ2n) is 8.66. The van der Waals surface area contributed by atoms with Crippen molar-refractivity contribution in [3.63, 3.8) is 0 Å². The molecule has 0 aromatic heterocycles. The molecule has 0 aliphatic carbocycles. The lowest BCUT2D eigenvalue weighted by Gasteiger charge is -2.33. The lowest BCUT2D eigenvalue weighted by molar-refractivity contribution is -0.232. The topological polar surface area (TPSA) is 108 Å². The van der Waals surface area contributed by atoms with E-state index in [1.807, 2.05) is 0 Å². The summed E-state index contributed by atoms with van der Waals surface area (Å²) in [6, 6.07) is 0. The van der Waals surface area contributed by atoms with Gasteiger partial charge in [-0.3, -0.25) is 9.59 Å². The monoisotopic (exact) mass is 408 g/mol. The fourth-order valence-corrected chi connectivity index (χ4v) is 4.29. The van der Waals surface area contributed by atoms with E-state index in [0.29, 0.717) is 5.57 Å². The Morgan fingerprint density at radius 3 is 2.55 bits per heavy atom. The number of hydrogen-bond donors (Lipinski definition) is 1. The molecule has 0 aromatic rings. The molecule has 160 valence electrons. The molecule has 0 amide bonds. The largest absolute Gasteiger partial charge is 0.461 e. The molecule has 2 saturated heterocycles. The molecule has 3 aliphatic heterocycles. The molecule has 6 atom stereocenters. The fourth-order valence-electron chi connectivity index (χ4n) is 4.29. The Morgan fingerprint density at radius 2 is 1.97 bits per heavy atom. The maximum Gasteiger partial charge on any atom is 0.334 e. The highest BCUT2D eigenvalue weighted by molar-refractivity contribution is 5.91. The minimum absolute atomic E-state index is 0.170. The van der Waals surface area contributed by atoms with E-state index in [9.17, 15) is 19.5 Å². The molecule has 2 bridgehead atoms. The molecule has 2 fully saturated rings. The van der Waals surface area contributed by atoms with E-state index in [2.05, 4.69) is 6.58 Å². The SMILES string of the molecule is C=C1C(=O)O[C@H]2/C=C(/C)[C@]3(O)O[C@@](C)(C[C@@H]3OC(C)=O)C[C@@H](OC(=O)C(C)C)[C@@H]12. The summed E-state index contributed by atoms with van der Waals surface area (Å²) in [5.41, 5.74) is -0.418. The zero-order chi connectivity index (χ0) is 21.7. The molecule has 8 heteroatoms. The van der Waals surface area contributed by atoms with Crippen LogP contribution in [0.2, 0.25) is 0 Å². The van der Waals surface area contributed by atoms with Gasteiger partial charge in [-0.05, 0) is 25.5 Å². The zero-order valence-electron chi connectivity index (χ0n) is 17.4. The van der Waals surface area contributed by atoms with Crippen molar-refractivity contribution in [1.82, 2.24) is 0 Å². The highest BCUT2D eigenvalue weighted by Crippen LogP contribution is 2.49. The molecule has 29 heavy (non-hydrogen) atoms. The van der Waals surface area contributed by atoms with Gasteiger partial charge >= 0.3 is 17.9 Å². The molecule has 8 nitrogen and oxygen atoms in total. The molecular weight excluding hydrogens is 380 g/mol. The van der Waals surface area contributed by atoms with Gasteiger partial charge in [0.25, 0.3) is 0 Å². The number of aliphatic hydroxyl groups is 1. The number of esters is 3. The van der Waals surface area contributed by atoms with Gasteiger partial charge in [0.2, 0.25) is 5.79 Å². The van der Waals surface area contributed by atoms with Crippen LogP contribution in [0.15, 0.2) is 23.8 Å². The van der Waals surface area contributed by atoms with Crippen molar-refractivity contribution >= 4 is 17.9 Å². The van der Waals surface area contributed by atoms with Gasteiger partial charge in [-0.15, -0.1) is 0 Å². The van der Waals surface area contributed by atoms with Crippen LogP contribution in [0.25, 0.3) is 0 Å². The lowest BCUT2D eigenvalue weighted by Crippen LogP contribution is -2.43. The van der Waals surface area contributed by atoms with E-state index in [1.165, 1.54) is 6.92 Å². The summed E-state index contributed by atoms with van der Waals surface area (Å²) in [5, 5.41) is 11.3. The van der Waals surface area contributed by atoms with Gasteiger partial charge in [0.1, 0.15) is 12.2 Å². The van der Waals surface area contributed by atoms with Crippen LogP contribution in [0.1, 0.15) is 47.5 Å². The van der Waals surface area contributed by atoms with E-state index >= 15 is 0 Å². The Morgan fingerprint density at radius 1 is 1.31 bits per heavy atom. The van der Waals surface area contributed by atoms with Gasteiger partial charge in [0, 0.05) is 25.3 Å². The Hall–Kier alpha value is -2.19. The summed E-state index contributed by atoms with van der Waals surface area (Å²) in [4.78, 5) is 36.2. The summed E-state index contributed by atoms with van der Waals surface area (Å²) in [6.07, 6.45) is -0.564. The van der Waals surface area contributed by atoms with E-state index in [4.69, 9.17) is 18.9 Å². The highest BCUT2D eigenvalue weighted by atomic mass is 16.7. The third-order valence-corrected chi connectivity index (χ3v) is 5.78. The average Bonchev–Trinajstić information content (AvgIpc) is 3.00. The highest BCUT2D eigenvalue weighted by Gasteiger charge is 2.60. The minimum atomic E-state index is -1.88. The molecule has 0 unspecified atom stereocenters. The smallest absolute Gasteiger partial charge is 0.334 e. The summed E-state index contributed by atoms with van der Waals surface area (Å²) < 4.78 is 22.5. The van der Waals surface area contributed by atoms with Crippen LogP contribution in [0.3, 0.4) is 0 Å². The van der Waals surface area contributed by atoms with E-state index in [-0.39, 0.29) is 24.3 Å². The van der Waals surface area contributed by atoms with Crippen LogP contribution in [0.5, 0.6) is 0 Å². The quantitative estimate of drug-likeness (QED) is 0.326. The van der Waals surface area contributed by atoms with E-state index in [1.54, 1.807) is 33.8 Å². The van der Waals surface area contributed by atoms with Crippen LogP contribution in [0, 0.1) is 11.8 Å². The summed E-state index contributed by atoms with van der Waals surface area (Å²) in [7, 11) is 0. The Kier molecular flexibility index (Phi) is 5.38. The van der Waals surface area contributed by atoms with Gasteiger partial charge in [0.15, 0.2) is 6.10 Å². The average molecular weight is 408 g/mol. The third kappa shape index (κ3) is 3.83. The van der Waals surface area contributed by atoms with Crippen molar-refractivity contribution in [2.45, 2.75) is 77.2 Å². The molecule has 3 aliphatic rings. The van der Waals surface area contributed by atoms with Gasteiger partial charge < -0.3 is 24.1 Å². The molecule has 0 spiro atoms. The van der Waals surface area contributed by atoms with Gasteiger partial charge in [0.05, 0.1) is 17.4 Å². The van der Waals surface area contributed by atoms with E-state index < -0.39 is 53.5 Å². The van der Waals surface area contributed by atoms with Crippen LogP contribution in [0.4, 0.5) is 0 Å². The first-order valence-corrected chi connectivity index (χ1v) is 9.75. The third-order valence-electron chi connectivity index (χ3n) is 5.78. The molecule has 3 rings (SSSR count). The first-order valence-electron chi connectivity index (χ1n) is 9.75. The minimum Gasteiger partial charge on any atom is -0.461 e. The van der Waals surface area contributed by atoms with Gasteiger partial charge in [-0.2, -0.15) is 0 Å². The molecule has 0 radical (unpaired) electrons. The van der Waals surface area contributed by atoms with Crippen molar-refractivity contribution in [1.29, 1.82) is 0 Å². The Labute approximate surface area is 169 Å². The lowest BCUT2D eigenvalue weighted by atomic mass is 9.81. The summed E-state index contributed by atoms with van der Waals surface area (Å²) in [6.45, 7) is 11.9. The van der Waals surface area contributed by atoms with Crippen molar-refractivity contribution in [3.8, 4) is 0 Å².